The SMILES string of the molecule is Nc1nccn2c(C3CCC3)nc(-c3cc4nc(-c5ccccc5)ccc4cc3Cl)c12. The number of aromatic nitrogens is 4. The average molecular weight is 426 g/mol. The molecule has 1 saturated carbocycles. The van der Waals surface area contributed by atoms with E-state index in [0.29, 0.717) is 16.8 Å². The van der Waals surface area contributed by atoms with Gasteiger partial charge < -0.3 is 5.73 Å². The standard InChI is InChI=1S/C25H20ClN5/c26-19-13-17-9-10-20(15-5-2-1-3-6-15)29-21(17)14-18(19)22-23-24(27)28-11-12-31(23)25(30-22)16-7-4-8-16/h1-3,5-6,9-14,16H,4,7-8H2,(H2,27,28). The number of benzene rings is 2. The zero-order valence-electron chi connectivity index (χ0n) is 16.8. The zero-order valence-corrected chi connectivity index (χ0v) is 17.5. The number of pyridine rings is 1. The summed E-state index contributed by atoms with van der Waals surface area (Å²) in [6.07, 6.45) is 7.20. The maximum absolute atomic E-state index is 6.75. The topological polar surface area (TPSA) is 69.1 Å². The smallest absolute Gasteiger partial charge is 0.150 e. The van der Waals surface area contributed by atoms with Crippen LogP contribution in [0.5, 0.6) is 0 Å². The molecule has 6 rings (SSSR count). The van der Waals surface area contributed by atoms with Gasteiger partial charge in [-0.3, -0.25) is 4.40 Å². The van der Waals surface area contributed by atoms with Gasteiger partial charge in [-0.2, -0.15) is 0 Å². The van der Waals surface area contributed by atoms with Gasteiger partial charge in [0.25, 0.3) is 0 Å². The van der Waals surface area contributed by atoms with Gasteiger partial charge in [-0.05, 0) is 31.0 Å². The van der Waals surface area contributed by atoms with Crippen LogP contribution in [0.25, 0.3) is 38.9 Å². The third-order valence-electron chi connectivity index (χ3n) is 6.18. The largest absolute Gasteiger partial charge is 0.382 e. The number of fused-ring (bicyclic) bond motifs is 2. The molecule has 3 aromatic heterocycles. The Labute approximate surface area is 184 Å². The molecule has 0 unspecified atom stereocenters. The van der Waals surface area contributed by atoms with Crippen molar-refractivity contribution < 1.29 is 0 Å². The van der Waals surface area contributed by atoms with Crippen LogP contribution in [-0.2, 0) is 0 Å². The molecule has 6 heteroatoms. The molecular weight excluding hydrogens is 406 g/mol. The Morgan fingerprint density at radius 2 is 1.84 bits per heavy atom. The number of nitrogens with zero attached hydrogens (tertiary/aromatic N) is 4. The maximum Gasteiger partial charge on any atom is 0.150 e. The van der Waals surface area contributed by atoms with Crippen molar-refractivity contribution in [3.63, 3.8) is 0 Å². The number of halogens is 1. The lowest BCUT2D eigenvalue weighted by atomic mass is 9.85. The second-order valence-electron chi connectivity index (χ2n) is 8.06. The Morgan fingerprint density at radius 3 is 2.61 bits per heavy atom. The summed E-state index contributed by atoms with van der Waals surface area (Å²) in [4.78, 5) is 14.2. The molecule has 0 saturated heterocycles. The van der Waals surface area contributed by atoms with E-state index in [0.717, 1.165) is 57.6 Å². The summed E-state index contributed by atoms with van der Waals surface area (Å²) >= 11 is 6.75. The first-order valence-corrected chi connectivity index (χ1v) is 10.9. The van der Waals surface area contributed by atoms with Gasteiger partial charge in [0.05, 0.1) is 16.2 Å². The molecule has 1 aliphatic rings. The Bertz CT molecular complexity index is 1440. The minimum absolute atomic E-state index is 0.449. The van der Waals surface area contributed by atoms with Crippen molar-refractivity contribution in [3.8, 4) is 22.5 Å². The van der Waals surface area contributed by atoms with E-state index in [1.165, 1.54) is 6.42 Å². The molecule has 0 radical (unpaired) electrons. The van der Waals surface area contributed by atoms with Crippen LogP contribution < -0.4 is 5.73 Å². The highest BCUT2D eigenvalue weighted by atomic mass is 35.5. The highest BCUT2D eigenvalue weighted by Gasteiger charge is 2.27. The van der Waals surface area contributed by atoms with Gasteiger partial charge in [0.2, 0.25) is 0 Å². The van der Waals surface area contributed by atoms with Crippen LogP contribution in [0.2, 0.25) is 5.02 Å². The van der Waals surface area contributed by atoms with Gasteiger partial charge in [0.1, 0.15) is 22.9 Å². The van der Waals surface area contributed by atoms with E-state index in [4.69, 9.17) is 27.3 Å². The fourth-order valence-electron chi connectivity index (χ4n) is 4.32. The highest BCUT2D eigenvalue weighted by Crippen LogP contribution is 2.41. The van der Waals surface area contributed by atoms with Crippen molar-refractivity contribution in [2.45, 2.75) is 25.2 Å². The molecule has 3 heterocycles. The maximum atomic E-state index is 6.75. The number of rotatable bonds is 3. The number of nitrogens with two attached hydrogens (primary N) is 1. The average Bonchev–Trinajstić information content (AvgIpc) is 3.12. The number of anilines is 1. The van der Waals surface area contributed by atoms with Gasteiger partial charge in [-0.1, -0.05) is 54.4 Å². The Kier molecular flexibility index (Phi) is 4.18. The van der Waals surface area contributed by atoms with Crippen LogP contribution >= 0.6 is 11.6 Å². The van der Waals surface area contributed by atoms with Crippen molar-refractivity contribution in [1.82, 2.24) is 19.4 Å². The molecule has 5 aromatic rings. The van der Waals surface area contributed by atoms with Crippen LogP contribution in [0.1, 0.15) is 31.0 Å². The zero-order chi connectivity index (χ0) is 20.9. The number of imidazole rings is 1. The van der Waals surface area contributed by atoms with Crippen LogP contribution in [0.15, 0.2) is 67.0 Å². The molecule has 152 valence electrons. The third-order valence-corrected chi connectivity index (χ3v) is 6.50. The molecule has 0 aliphatic heterocycles. The third kappa shape index (κ3) is 2.96. The monoisotopic (exact) mass is 425 g/mol. The molecule has 0 bridgehead atoms. The van der Waals surface area contributed by atoms with Gasteiger partial charge in [-0.15, -0.1) is 0 Å². The lowest BCUT2D eigenvalue weighted by Gasteiger charge is -2.23. The lowest BCUT2D eigenvalue weighted by Crippen LogP contribution is -2.12. The fourth-order valence-corrected chi connectivity index (χ4v) is 4.59. The van der Waals surface area contributed by atoms with Crippen molar-refractivity contribution in [2.24, 2.45) is 0 Å². The van der Waals surface area contributed by atoms with E-state index in [1.54, 1.807) is 6.20 Å². The van der Waals surface area contributed by atoms with Crippen molar-refractivity contribution >= 4 is 33.8 Å². The predicted molar refractivity (Wildman–Crippen MR) is 125 cm³/mol. The summed E-state index contributed by atoms with van der Waals surface area (Å²) in [6, 6.07) is 18.2. The molecule has 2 N–H and O–H groups in total. The van der Waals surface area contributed by atoms with Gasteiger partial charge in [0.15, 0.2) is 0 Å². The molecule has 0 amide bonds. The van der Waals surface area contributed by atoms with Crippen LogP contribution in [0.3, 0.4) is 0 Å². The number of nitrogen functional groups attached to an aromatic ring is 1. The van der Waals surface area contributed by atoms with Crippen molar-refractivity contribution in [3.05, 3.63) is 77.8 Å². The van der Waals surface area contributed by atoms with Gasteiger partial charge in [0, 0.05) is 34.8 Å². The Morgan fingerprint density at radius 1 is 1.00 bits per heavy atom. The van der Waals surface area contributed by atoms with Crippen molar-refractivity contribution in [2.75, 3.05) is 5.73 Å². The second kappa shape index (κ2) is 7.06. The molecule has 1 aliphatic carbocycles. The lowest BCUT2D eigenvalue weighted by molar-refractivity contribution is 0.400. The van der Waals surface area contributed by atoms with Gasteiger partial charge in [-0.25, -0.2) is 15.0 Å². The van der Waals surface area contributed by atoms with E-state index in [-0.39, 0.29) is 0 Å². The highest BCUT2D eigenvalue weighted by molar-refractivity contribution is 6.34. The molecule has 1 fully saturated rings. The first-order chi connectivity index (χ1) is 15.2. The van der Waals surface area contributed by atoms with Crippen LogP contribution in [0.4, 0.5) is 5.82 Å². The second-order valence-corrected chi connectivity index (χ2v) is 8.47. The molecule has 0 atom stereocenters. The summed E-state index contributed by atoms with van der Waals surface area (Å²) in [5.41, 5.74) is 11.6. The first-order valence-electron chi connectivity index (χ1n) is 10.5. The van der Waals surface area contributed by atoms with E-state index in [9.17, 15) is 0 Å². The number of hydrogen-bond acceptors (Lipinski definition) is 4. The van der Waals surface area contributed by atoms with Gasteiger partial charge >= 0.3 is 0 Å². The number of hydrogen-bond donors (Lipinski definition) is 1. The van der Waals surface area contributed by atoms with Crippen LogP contribution in [-0.4, -0.2) is 19.4 Å². The van der Waals surface area contributed by atoms with Crippen molar-refractivity contribution in [1.29, 1.82) is 0 Å². The minimum atomic E-state index is 0.449. The predicted octanol–water partition coefficient (Wildman–Crippen LogP) is 6.11. The Hall–Kier alpha value is -3.44. The van der Waals surface area contributed by atoms with E-state index < -0.39 is 0 Å². The minimum Gasteiger partial charge on any atom is -0.382 e. The normalized spacial score (nSPS) is 14.2. The molecule has 31 heavy (non-hydrogen) atoms. The fraction of sp³-hybridized carbons (Fsp3) is 0.160. The summed E-state index contributed by atoms with van der Waals surface area (Å²) in [5, 5.41) is 1.62. The van der Waals surface area contributed by atoms with Crippen LogP contribution in [0, 0.1) is 0 Å². The van der Waals surface area contributed by atoms with E-state index >= 15 is 0 Å². The summed E-state index contributed by atoms with van der Waals surface area (Å²) in [6.45, 7) is 0. The summed E-state index contributed by atoms with van der Waals surface area (Å²) in [5.74, 6) is 1.94. The molecule has 2 aromatic carbocycles. The first kappa shape index (κ1) is 18.3. The summed E-state index contributed by atoms with van der Waals surface area (Å²) in [7, 11) is 0. The summed E-state index contributed by atoms with van der Waals surface area (Å²) < 4.78 is 2.08. The molecule has 0 spiro atoms. The quantitative estimate of drug-likeness (QED) is 0.378. The van der Waals surface area contributed by atoms with E-state index in [2.05, 4.69) is 27.6 Å². The van der Waals surface area contributed by atoms with E-state index in [1.807, 2.05) is 42.6 Å². The molecule has 5 nitrogen and oxygen atoms in total. The molecular formula is C25H20ClN5. The Balaban J connectivity index is 1.57.